The molecular formula is C23H23N5O3. The van der Waals surface area contributed by atoms with Crippen LogP contribution in [0.2, 0.25) is 0 Å². The van der Waals surface area contributed by atoms with E-state index in [4.69, 9.17) is 0 Å². The second-order valence-electron chi connectivity index (χ2n) is 7.67. The van der Waals surface area contributed by atoms with Gasteiger partial charge in [-0.05, 0) is 43.5 Å². The molecular weight excluding hydrogens is 394 g/mol. The van der Waals surface area contributed by atoms with Gasteiger partial charge < -0.3 is 10.2 Å². The predicted octanol–water partition coefficient (Wildman–Crippen LogP) is 4.22. The average Bonchev–Trinajstić information content (AvgIpc) is 2.80. The molecule has 0 spiro atoms. The van der Waals surface area contributed by atoms with Gasteiger partial charge in [0.15, 0.2) is 5.82 Å². The number of aryl methyl sites for hydroxylation is 1. The van der Waals surface area contributed by atoms with Crippen molar-refractivity contribution >= 4 is 23.1 Å². The van der Waals surface area contributed by atoms with Crippen LogP contribution in [0.15, 0.2) is 60.7 Å². The minimum atomic E-state index is -0.475. The molecule has 2 aromatic carbocycles. The molecule has 1 fully saturated rings. The molecule has 0 aliphatic carbocycles. The molecule has 31 heavy (non-hydrogen) atoms. The summed E-state index contributed by atoms with van der Waals surface area (Å²) in [6, 6.07) is 17.9. The van der Waals surface area contributed by atoms with Gasteiger partial charge in [0.25, 0.3) is 5.69 Å². The van der Waals surface area contributed by atoms with Gasteiger partial charge in [-0.3, -0.25) is 14.9 Å². The number of carbonyl (C=O) groups is 1. The summed E-state index contributed by atoms with van der Waals surface area (Å²) in [5.41, 5.74) is 3.39. The summed E-state index contributed by atoms with van der Waals surface area (Å²) >= 11 is 0. The van der Waals surface area contributed by atoms with Crippen molar-refractivity contribution in [2.24, 2.45) is 5.92 Å². The molecule has 1 aromatic heterocycles. The number of non-ortho nitro benzene ring substituents is 1. The van der Waals surface area contributed by atoms with Crippen molar-refractivity contribution < 1.29 is 9.72 Å². The molecule has 4 rings (SSSR count). The number of benzene rings is 2. The maximum Gasteiger partial charge on any atom is 0.271 e. The van der Waals surface area contributed by atoms with Crippen molar-refractivity contribution in [2.75, 3.05) is 23.3 Å². The Balaban J connectivity index is 1.43. The van der Waals surface area contributed by atoms with Crippen LogP contribution in [0.3, 0.4) is 0 Å². The van der Waals surface area contributed by atoms with Crippen molar-refractivity contribution in [3.8, 4) is 11.3 Å². The summed E-state index contributed by atoms with van der Waals surface area (Å²) in [5.74, 6) is 0.366. The normalized spacial score (nSPS) is 16.0. The second-order valence-corrected chi connectivity index (χ2v) is 7.67. The third kappa shape index (κ3) is 4.69. The highest BCUT2D eigenvalue weighted by Crippen LogP contribution is 2.26. The molecule has 1 aliphatic rings. The van der Waals surface area contributed by atoms with Crippen molar-refractivity contribution in [1.82, 2.24) is 10.2 Å². The van der Waals surface area contributed by atoms with Gasteiger partial charge in [-0.25, -0.2) is 0 Å². The summed E-state index contributed by atoms with van der Waals surface area (Å²) < 4.78 is 0. The fraction of sp³-hybridized carbons (Fsp3) is 0.261. The molecule has 158 valence electrons. The topological polar surface area (TPSA) is 101 Å². The molecule has 1 aliphatic heterocycles. The SMILES string of the molecule is Cc1ccccc1-c1ccc(N2CCCC(C(=O)Nc3cccc([N+](=O)[O-])c3)C2)nn1. The van der Waals surface area contributed by atoms with E-state index in [1.54, 1.807) is 12.1 Å². The van der Waals surface area contributed by atoms with Gasteiger partial charge in [-0.1, -0.05) is 30.3 Å². The van der Waals surface area contributed by atoms with Crippen molar-refractivity contribution in [2.45, 2.75) is 19.8 Å². The zero-order valence-electron chi connectivity index (χ0n) is 17.2. The predicted molar refractivity (Wildman–Crippen MR) is 119 cm³/mol. The maximum absolute atomic E-state index is 12.8. The molecule has 1 saturated heterocycles. The molecule has 0 saturated carbocycles. The first kappa shape index (κ1) is 20.5. The van der Waals surface area contributed by atoms with Crippen LogP contribution < -0.4 is 10.2 Å². The highest BCUT2D eigenvalue weighted by atomic mass is 16.6. The van der Waals surface area contributed by atoms with Gasteiger partial charge in [0.1, 0.15) is 0 Å². The third-order valence-electron chi connectivity index (χ3n) is 5.51. The number of rotatable bonds is 5. The maximum atomic E-state index is 12.8. The summed E-state index contributed by atoms with van der Waals surface area (Å²) in [7, 11) is 0. The molecule has 0 bridgehead atoms. The minimum Gasteiger partial charge on any atom is -0.354 e. The van der Waals surface area contributed by atoms with E-state index in [9.17, 15) is 14.9 Å². The number of aromatic nitrogens is 2. The Morgan fingerprint density at radius 3 is 2.71 bits per heavy atom. The summed E-state index contributed by atoms with van der Waals surface area (Å²) in [5, 5.41) is 22.5. The molecule has 8 nitrogen and oxygen atoms in total. The number of hydrogen-bond donors (Lipinski definition) is 1. The number of carbonyl (C=O) groups excluding carboxylic acids is 1. The van der Waals surface area contributed by atoms with Gasteiger partial charge in [0.2, 0.25) is 5.91 Å². The van der Waals surface area contributed by atoms with Crippen LogP contribution in [0, 0.1) is 23.0 Å². The molecule has 3 aromatic rings. The Morgan fingerprint density at radius 2 is 1.97 bits per heavy atom. The number of hydrogen-bond acceptors (Lipinski definition) is 6. The molecule has 0 radical (unpaired) electrons. The minimum absolute atomic E-state index is 0.0490. The zero-order valence-corrected chi connectivity index (χ0v) is 17.2. The standard InChI is InChI=1S/C23H23N5O3/c1-16-6-2-3-10-20(16)21-11-12-22(26-25-21)27-13-5-7-17(15-27)23(29)24-18-8-4-9-19(14-18)28(30)31/h2-4,6,8-12,14,17H,5,7,13,15H2,1H3,(H,24,29). The number of anilines is 2. The lowest BCUT2D eigenvalue weighted by atomic mass is 9.97. The van der Waals surface area contributed by atoms with Crippen LogP contribution in [0.25, 0.3) is 11.3 Å². The zero-order chi connectivity index (χ0) is 21.8. The van der Waals surface area contributed by atoms with Crippen LogP contribution >= 0.6 is 0 Å². The highest BCUT2D eigenvalue weighted by molar-refractivity contribution is 5.93. The van der Waals surface area contributed by atoms with Gasteiger partial charge in [-0.2, -0.15) is 0 Å². The van der Waals surface area contributed by atoms with E-state index in [2.05, 4.69) is 20.4 Å². The Labute approximate surface area is 180 Å². The van der Waals surface area contributed by atoms with Crippen LogP contribution in [-0.2, 0) is 4.79 Å². The monoisotopic (exact) mass is 417 g/mol. The van der Waals surface area contributed by atoms with Crippen LogP contribution in [0.1, 0.15) is 18.4 Å². The lowest BCUT2D eigenvalue weighted by Gasteiger charge is -2.32. The van der Waals surface area contributed by atoms with Crippen molar-refractivity contribution in [3.63, 3.8) is 0 Å². The largest absolute Gasteiger partial charge is 0.354 e. The fourth-order valence-electron chi connectivity index (χ4n) is 3.84. The highest BCUT2D eigenvalue weighted by Gasteiger charge is 2.27. The molecule has 8 heteroatoms. The summed E-state index contributed by atoms with van der Waals surface area (Å²) in [6.45, 7) is 3.37. The fourth-order valence-corrected chi connectivity index (χ4v) is 3.84. The molecule has 2 heterocycles. The van der Waals surface area contributed by atoms with Crippen LogP contribution in [0.5, 0.6) is 0 Å². The second kappa shape index (κ2) is 8.91. The van der Waals surface area contributed by atoms with E-state index in [1.165, 1.54) is 12.1 Å². The molecule has 1 atom stereocenters. The Bertz CT molecular complexity index is 1100. The van der Waals surface area contributed by atoms with Gasteiger partial charge in [0.05, 0.1) is 16.5 Å². The molecule has 1 N–H and O–H groups in total. The molecule has 1 unspecified atom stereocenters. The number of nitrogens with one attached hydrogen (secondary N) is 1. The quantitative estimate of drug-likeness (QED) is 0.493. The smallest absolute Gasteiger partial charge is 0.271 e. The number of piperidine rings is 1. The van der Waals surface area contributed by atoms with E-state index in [-0.39, 0.29) is 17.5 Å². The van der Waals surface area contributed by atoms with E-state index in [0.717, 1.165) is 42.0 Å². The average molecular weight is 417 g/mol. The summed E-state index contributed by atoms with van der Waals surface area (Å²) in [4.78, 5) is 25.3. The van der Waals surface area contributed by atoms with E-state index >= 15 is 0 Å². The molecule has 1 amide bonds. The lowest BCUT2D eigenvalue weighted by Crippen LogP contribution is -2.41. The number of nitro benzene ring substituents is 1. The first-order valence-electron chi connectivity index (χ1n) is 10.2. The number of nitrogens with zero attached hydrogens (tertiary/aromatic N) is 4. The van der Waals surface area contributed by atoms with Crippen LogP contribution in [0.4, 0.5) is 17.2 Å². The third-order valence-corrected chi connectivity index (χ3v) is 5.51. The number of nitro groups is 1. The lowest BCUT2D eigenvalue weighted by molar-refractivity contribution is -0.384. The van der Waals surface area contributed by atoms with E-state index in [1.807, 2.05) is 43.3 Å². The number of amides is 1. The first-order chi connectivity index (χ1) is 15.0. The summed E-state index contributed by atoms with van der Waals surface area (Å²) in [6.07, 6.45) is 1.61. The van der Waals surface area contributed by atoms with Gasteiger partial charge >= 0.3 is 0 Å². The van der Waals surface area contributed by atoms with Crippen LogP contribution in [-0.4, -0.2) is 34.1 Å². The van der Waals surface area contributed by atoms with Gasteiger partial charge in [0, 0.05) is 36.5 Å². The Hall–Kier alpha value is -3.81. The first-order valence-corrected chi connectivity index (χ1v) is 10.2. The Morgan fingerprint density at radius 1 is 1.13 bits per heavy atom. The van der Waals surface area contributed by atoms with Crippen molar-refractivity contribution in [1.29, 1.82) is 0 Å². The van der Waals surface area contributed by atoms with E-state index in [0.29, 0.717) is 12.2 Å². The Kier molecular flexibility index (Phi) is 5.88. The van der Waals surface area contributed by atoms with Crippen molar-refractivity contribution in [3.05, 3.63) is 76.3 Å². The van der Waals surface area contributed by atoms with Gasteiger partial charge in [-0.15, -0.1) is 10.2 Å². The van der Waals surface area contributed by atoms with E-state index < -0.39 is 4.92 Å².